The van der Waals surface area contributed by atoms with E-state index in [0.29, 0.717) is 6.54 Å². The summed E-state index contributed by atoms with van der Waals surface area (Å²) in [6.45, 7) is 1.54. The molecule has 2 rings (SSSR count). The number of rotatable bonds is 3. The first-order valence-corrected chi connectivity index (χ1v) is 7.63. The molecule has 0 aliphatic carbocycles. The zero-order valence-corrected chi connectivity index (χ0v) is 11.5. The Balaban J connectivity index is 2.10. The Morgan fingerprint density at radius 1 is 1.44 bits per heavy atom. The fourth-order valence-corrected chi connectivity index (χ4v) is 3.16. The highest BCUT2D eigenvalue weighted by Gasteiger charge is 2.28. The molecular weight excluding hydrogens is 244 g/mol. The van der Waals surface area contributed by atoms with E-state index >= 15 is 0 Å². The summed E-state index contributed by atoms with van der Waals surface area (Å²) in [7, 11) is 0. The first kappa shape index (κ1) is 13.4. The van der Waals surface area contributed by atoms with E-state index in [1.165, 1.54) is 0 Å². The van der Waals surface area contributed by atoms with Crippen molar-refractivity contribution >= 4 is 17.7 Å². The second-order valence-corrected chi connectivity index (χ2v) is 5.66. The van der Waals surface area contributed by atoms with Gasteiger partial charge in [-0.2, -0.15) is 0 Å². The number of carbonyl (C=O) groups excluding carboxylic acids is 1. The van der Waals surface area contributed by atoms with E-state index in [2.05, 4.69) is 0 Å². The molecule has 1 amide bonds. The van der Waals surface area contributed by atoms with Crippen molar-refractivity contribution in [1.82, 2.24) is 4.90 Å². The highest BCUT2D eigenvalue weighted by Crippen LogP contribution is 2.29. The molecule has 0 bridgehead atoms. The summed E-state index contributed by atoms with van der Waals surface area (Å²) in [5.41, 5.74) is 7.02. The van der Waals surface area contributed by atoms with Gasteiger partial charge in [-0.3, -0.25) is 4.79 Å². The number of piperidine rings is 1. The number of nitrogens with two attached hydrogens (primary N) is 1. The lowest BCUT2D eigenvalue weighted by molar-refractivity contribution is -0.131. The van der Waals surface area contributed by atoms with Gasteiger partial charge in [-0.25, -0.2) is 0 Å². The van der Waals surface area contributed by atoms with Gasteiger partial charge in [0.1, 0.15) is 5.25 Å². The Morgan fingerprint density at radius 2 is 2.17 bits per heavy atom. The summed E-state index contributed by atoms with van der Waals surface area (Å²) in [5, 5.41) is -0.100. The third-order valence-electron chi connectivity index (χ3n) is 3.33. The van der Waals surface area contributed by atoms with Gasteiger partial charge in [0, 0.05) is 19.1 Å². The van der Waals surface area contributed by atoms with Crippen LogP contribution in [0, 0.1) is 0 Å². The smallest absolute Gasteiger partial charge is 0.240 e. The molecule has 3 nitrogen and oxygen atoms in total. The van der Waals surface area contributed by atoms with Gasteiger partial charge >= 0.3 is 0 Å². The second kappa shape index (κ2) is 6.25. The lowest BCUT2D eigenvalue weighted by Crippen LogP contribution is -2.46. The van der Waals surface area contributed by atoms with Crippen molar-refractivity contribution in [2.45, 2.75) is 24.1 Å². The molecule has 18 heavy (non-hydrogen) atoms. The van der Waals surface area contributed by atoms with Gasteiger partial charge in [-0.1, -0.05) is 30.3 Å². The van der Waals surface area contributed by atoms with Gasteiger partial charge in [0.15, 0.2) is 0 Å². The second-order valence-electron chi connectivity index (χ2n) is 4.71. The van der Waals surface area contributed by atoms with Crippen LogP contribution in [0.5, 0.6) is 0 Å². The molecule has 0 spiro atoms. The average molecular weight is 264 g/mol. The van der Waals surface area contributed by atoms with Crippen molar-refractivity contribution in [3.05, 3.63) is 35.9 Å². The van der Waals surface area contributed by atoms with E-state index in [9.17, 15) is 4.79 Å². The van der Waals surface area contributed by atoms with Gasteiger partial charge in [0.25, 0.3) is 0 Å². The van der Waals surface area contributed by atoms with Gasteiger partial charge < -0.3 is 10.6 Å². The molecule has 0 saturated carbocycles. The third kappa shape index (κ3) is 3.06. The van der Waals surface area contributed by atoms with Crippen molar-refractivity contribution in [2.75, 3.05) is 19.3 Å². The Hall–Kier alpha value is -1.00. The molecule has 0 radical (unpaired) electrons. The minimum atomic E-state index is -0.100. The average Bonchev–Trinajstić information content (AvgIpc) is 2.41. The summed E-state index contributed by atoms with van der Waals surface area (Å²) < 4.78 is 0. The van der Waals surface area contributed by atoms with Crippen molar-refractivity contribution in [3.63, 3.8) is 0 Å². The molecule has 1 aliphatic heterocycles. The lowest BCUT2D eigenvalue weighted by Gasteiger charge is -2.33. The largest absolute Gasteiger partial charge is 0.340 e. The number of benzene rings is 1. The zero-order chi connectivity index (χ0) is 13.0. The molecule has 1 aliphatic rings. The van der Waals surface area contributed by atoms with Crippen LogP contribution in [0.15, 0.2) is 30.3 Å². The highest BCUT2D eigenvalue weighted by molar-refractivity contribution is 7.99. The molecule has 4 heteroatoms. The van der Waals surface area contributed by atoms with E-state index in [0.717, 1.165) is 24.9 Å². The maximum Gasteiger partial charge on any atom is 0.240 e. The summed E-state index contributed by atoms with van der Waals surface area (Å²) >= 11 is 1.59. The van der Waals surface area contributed by atoms with Crippen LogP contribution in [0.25, 0.3) is 0 Å². The molecule has 1 aromatic rings. The fourth-order valence-electron chi connectivity index (χ4n) is 2.38. The summed E-state index contributed by atoms with van der Waals surface area (Å²) in [6.07, 6.45) is 4.03. The minimum absolute atomic E-state index is 0.100. The van der Waals surface area contributed by atoms with Gasteiger partial charge in [0.2, 0.25) is 5.91 Å². The SMILES string of the molecule is CS[C@H](C(=O)N1CCC[C@@H](N)C1)c1ccccc1. The van der Waals surface area contributed by atoms with E-state index < -0.39 is 0 Å². The number of nitrogens with zero attached hydrogens (tertiary/aromatic N) is 1. The number of hydrogen-bond acceptors (Lipinski definition) is 3. The summed E-state index contributed by atoms with van der Waals surface area (Å²) in [4.78, 5) is 14.4. The van der Waals surface area contributed by atoms with Crippen LogP contribution in [0.3, 0.4) is 0 Å². The number of carbonyl (C=O) groups is 1. The topological polar surface area (TPSA) is 46.3 Å². The molecule has 1 fully saturated rings. The Morgan fingerprint density at radius 3 is 2.78 bits per heavy atom. The molecule has 1 saturated heterocycles. The Kier molecular flexibility index (Phi) is 4.66. The predicted molar refractivity (Wildman–Crippen MR) is 76.5 cm³/mol. The van der Waals surface area contributed by atoms with E-state index in [1.54, 1.807) is 11.8 Å². The molecule has 1 aromatic carbocycles. The number of likely N-dealkylation sites (tertiary alicyclic amines) is 1. The number of amides is 1. The highest BCUT2D eigenvalue weighted by atomic mass is 32.2. The first-order valence-electron chi connectivity index (χ1n) is 6.34. The number of hydrogen-bond donors (Lipinski definition) is 1. The molecular formula is C14H20N2OS. The summed E-state index contributed by atoms with van der Waals surface area (Å²) in [5.74, 6) is 0.198. The summed E-state index contributed by atoms with van der Waals surface area (Å²) in [6, 6.07) is 10.1. The molecule has 1 heterocycles. The van der Waals surface area contributed by atoms with Gasteiger partial charge in [0.05, 0.1) is 0 Å². The maximum atomic E-state index is 12.5. The van der Waals surface area contributed by atoms with E-state index in [4.69, 9.17) is 5.73 Å². The zero-order valence-electron chi connectivity index (χ0n) is 10.7. The lowest BCUT2D eigenvalue weighted by atomic mass is 10.0. The van der Waals surface area contributed by atoms with Crippen LogP contribution in [0.4, 0.5) is 0 Å². The molecule has 2 N–H and O–H groups in total. The molecule has 2 atom stereocenters. The Bertz CT molecular complexity index is 396. The molecule has 0 aromatic heterocycles. The predicted octanol–water partition coefficient (Wildman–Crippen LogP) is 2.04. The van der Waals surface area contributed by atoms with Crippen molar-refractivity contribution in [2.24, 2.45) is 5.73 Å². The monoisotopic (exact) mass is 264 g/mol. The molecule has 98 valence electrons. The van der Waals surface area contributed by atoms with E-state index in [-0.39, 0.29) is 17.2 Å². The van der Waals surface area contributed by atoms with Crippen molar-refractivity contribution < 1.29 is 4.79 Å². The Labute approximate surface area is 113 Å². The van der Waals surface area contributed by atoms with Crippen LogP contribution >= 0.6 is 11.8 Å². The minimum Gasteiger partial charge on any atom is -0.340 e. The van der Waals surface area contributed by atoms with Crippen LogP contribution in [-0.2, 0) is 4.79 Å². The van der Waals surface area contributed by atoms with Crippen molar-refractivity contribution in [3.8, 4) is 0 Å². The normalized spacial score (nSPS) is 21.7. The quantitative estimate of drug-likeness (QED) is 0.909. The molecule has 0 unspecified atom stereocenters. The van der Waals surface area contributed by atoms with E-state index in [1.807, 2.05) is 41.5 Å². The van der Waals surface area contributed by atoms with Crippen LogP contribution in [0.2, 0.25) is 0 Å². The van der Waals surface area contributed by atoms with Crippen molar-refractivity contribution in [1.29, 1.82) is 0 Å². The third-order valence-corrected chi connectivity index (χ3v) is 4.28. The maximum absolute atomic E-state index is 12.5. The first-order chi connectivity index (χ1) is 8.72. The van der Waals surface area contributed by atoms with Gasteiger partial charge in [-0.15, -0.1) is 11.8 Å². The number of thioether (sulfide) groups is 1. The standard InChI is InChI=1S/C14H20N2OS/c1-18-13(11-6-3-2-4-7-11)14(17)16-9-5-8-12(15)10-16/h2-4,6-7,12-13H,5,8-10,15H2,1H3/t12-,13+/m1/s1. The fraction of sp³-hybridized carbons (Fsp3) is 0.500. The van der Waals surface area contributed by atoms with Gasteiger partial charge in [-0.05, 0) is 24.7 Å². The van der Waals surface area contributed by atoms with Crippen LogP contribution in [0.1, 0.15) is 23.7 Å². The van der Waals surface area contributed by atoms with Crippen LogP contribution < -0.4 is 5.73 Å². The van der Waals surface area contributed by atoms with Crippen LogP contribution in [-0.4, -0.2) is 36.2 Å².